The Balaban J connectivity index is 2.21. The molecule has 0 aliphatic carbocycles. The summed E-state index contributed by atoms with van der Waals surface area (Å²) in [6.07, 6.45) is 0. The number of ether oxygens (including phenoxy) is 3. The first-order valence-electron chi connectivity index (χ1n) is 6.81. The number of anilines is 2. The van der Waals surface area contributed by atoms with Crippen molar-refractivity contribution in [3.8, 4) is 17.2 Å². The lowest BCUT2D eigenvalue weighted by molar-refractivity contribution is 0.324. The van der Waals surface area contributed by atoms with Gasteiger partial charge in [-0.3, -0.25) is 0 Å². The van der Waals surface area contributed by atoms with Crippen molar-refractivity contribution >= 4 is 51.9 Å². The van der Waals surface area contributed by atoms with Crippen molar-refractivity contribution < 1.29 is 14.2 Å². The number of hydrogen-bond donors (Lipinski definition) is 2. The van der Waals surface area contributed by atoms with Gasteiger partial charge in [0.25, 0.3) is 0 Å². The molecule has 0 unspecified atom stereocenters. The molecular weight excluding hydrogens is 371 g/mol. The minimum Gasteiger partial charge on any atom is -0.493 e. The summed E-state index contributed by atoms with van der Waals surface area (Å²) < 4.78 is 15.9. The van der Waals surface area contributed by atoms with Crippen LogP contribution in [-0.2, 0) is 0 Å². The number of thiocarbonyl (C=S) groups is 1. The molecule has 0 aliphatic heterocycles. The van der Waals surface area contributed by atoms with Crippen molar-refractivity contribution in [3.63, 3.8) is 0 Å². The molecule has 0 aromatic heterocycles. The predicted molar refractivity (Wildman–Crippen MR) is 102 cm³/mol. The summed E-state index contributed by atoms with van der Waals surface area (Å²) in [5.41, 5.74) is 1.27. The van der Waals surface area contributed by atoms with Crippen LogP contribution in [0.5, 0.6) is 17.2 Å². The Morgan fingerprint density at radius 3 is 2.08 bits per heavy atom. The number of rotatable bonds is 5. The van der Waals surface area contributed by atoms with E-state index in [1.165, 1.54) is 0 Å². The minimum atomic E-state index is 0.341. The normalized spacial score (nSPS) is 10.0. The SMILES string of the molecule is COc1cc(NC(=S)Nc2cc(Cl)ccc2Cl)cc(OC)c1OC. The fraction of sp³-hybridized carbons (Fsp3) is 0.188. The van der Waals surface area contributed by atoms with E-state index < -0.39 is 0 Å². The summed E-state index contributed by atoms with van der Waals surface area (Å²) in [4.78, 5) is 0. The fourth-order valence-electron chi connectivity index (χ4n) is 2.03. The highest BCUT2D eigenvalue weighted by Gasteiger charge is 2.14. The number of benzene rings is 2. The third kappa shape index (κ3) is 4.35. The Morgan fingerprint density at radius 1 is 0.917 bits per heavy atom. The fourth-order valence-corrected chi connectivity index (χ4v) is 2.60. The largest absolute Gasteiger partial charge is 0.493 e. The molecule has 0 bridgehead atoms. The van der Waals surface area contributed by atoms with Gasteiger partial charge in [-0.25, -0.2) is 0 Å². The zero-order chi connectivity index (χ0) is 17.7. The van der Waals surface area contributed by atoms with E-state index >= 15 is 0 Å². The lowest BCUT2D eigenvalue weighted by Crippen LogP contribution is -2.19. The average Bonchev–Trinajstić information content (AvgIpc) is 2.57. The third-order valence-electron chi connectivity index (χ3n) is 3.10. The van der Waals surface area contributed by atoms with Crippen LogP contribution in [0, 0.1) is 0 Å². The van der Waals surface area contributed by atoms with Crippen molar-refractivity contribution in [2.75, 3.05) is 32.0 Å². The first-order valence-corrected chi connectivity index (χ1v) is 7.98. The lowest BCUT2D eigenvalue weighted by Gasteiger charge is -2.16. The zero-order valence-electron chi connectivity index (χ0n) is 13.3. The molecule has 0 saturated carbocycles. The second-order valence-electron chi connectivity index (χ2n) is 4.62. The number of methoxy groups -OCH3 is 3. The van der Waals surface area contributed by atoms with Crippen molar-refractivity contribution in [1.29, 1.82) is 0 Å². The molecule has 2 rings (SSSR count). The quantitative estimate of drug-likeness (QED) is 0.717. The molecular formula is C16H16Cl2N2O3S. The van der Waals surface area contributed by atoms with Crippen LogP contribution in [0.15, 0.2) is 30.3 Å². The van der Waals surface area contributed by atoms with Crippen LogP contribution >= 0.6 is 35.4 Å². The number of nitrogens with one attached hydrogen (secondary N) is 2. The van der Waals surface area contributed by atoms with Crippen LogP contribution in [0.2, 0.25) is 10.0 Å². The van der Waals surface area contributed by atoms with E-state index in [0.717, 1.165) is 0 Å². The summed E-state index contributed by atoms with van der Waals surface area (Å²) in [6, 6.07) is 8.57. The van der Waals surface area contributed by atoms with Gasteiger partial charge < -0.3 is 24.8 Å². The van der Waals surface area contributed by atoms with Gasteiger partial charge in [-0.1, -0.05) is 23.2 Å². The van der Waals surface area contributed by atoms with E-state index in [0.29, 0.717) is 43.8 Å². The molecule has 0 heterocycles. The van der Waals surface area contributed by atoms with Gasteiger partial charge in [0.15, 0.2) is 16.6 Å². The van der Waals surface area contributed by atoms with Crippen LogP contribution in [0.3, 0.4) is 0 Å². The topological polar surface area (TPSA) is 51.8 Å². The van der Waals surface area contributed by atoms with E-state index in [4.69, 9.17) is 49.6 Å². The zero-order valence-corrected chi connectivity index (χ0v) is 15.6. The summed E-state index contributed by atoms with van der Waals surface area (Å²) >= 11 is 17.4. The van der Waals surface area contributed by atoms with E-state index in [2.05, 4.69) is 10.6 Å². The maximum absolute atomic E-state index is 6.11. The van der Waals surface area contributed by atoms with Crippen LogP contribution in [0.25, 0.3) is 0 Å². The van der Waals surface area contributed by atoms with Gasteiger partial charge in [-0.15, -0.1) is 0 Å². The summed E-state index contributed by atoms with van der Waals surface area (Å²) in [6.45, 7) is 0. The Bertz CT molecular complexity index is 731. The van der Waals surface area contributed by atoms with E-state index in [1.54, 1.807) is 51.7 Å². The Hall–Kier alpha value is -1.89. The van der Waals surface area contributed by atoms with Crippen molar-refractivity contribution in [3.05, 3.63) is 40.4 Å². The van der Waals surface area contributed by atoms with E-state index in [1.807, 2.05) is 0 Å². The van der Waals surface area contributed by atoms with Gasteiger partial charge in [0, 0.05) is 22.8 Å². The Kier molecular flexibility index (Phi) is 6.36. The Morgan fingerprint density at radius 2 is 1.54 bits per heavy atom. The molecule has 8 heteroatoms. The maximum atomic E-state index is 6.11. The molecule has 2 aromatic carbocycles. The molecule has 2 N–H and O–H groups in total. The molecule has 128 valence electrons. The standard InChI is InChI=1S/C16H16Cl2N2O3S/c1-21-13-7-10(8-14(22-2)15(13)23-3)19-16(24)20-12-6-9(17)4-5-11(12)18/h4-8H,1-3H3,(H2,19,20,24). The molecule has 0 fully saturated rings. The molecule has 0 atom stereocenters. The van der Waals surface area contributed by atoms with Gasteiger partial charge in [0.2, 0.25) is 5.75 Å². The number of hydrogen-bond acceptors (Lipinski definition) is 4. The summed E-state index contributed by atoms with van der Waals surface area (Å²) in [5.74, 6) is 1.54. The monoisotopic (exact) mass is 386 g/mol. The van der Waals surface area contributed by atoms with Gasteiger partial charge in [0.05, 0.1) is 32.0 Å². The molecule has 2 aromatic rings. The van der Waals surface area contributed by atoms with Crippen LogP contribution < -0.4 is 24.8 Å². The van der Waals surface area contributed by atoms with Crippen molar-refractivity contribution in [2.45, 2.75) is 0 Å². The van der Waals surface area contributed by atoms with Crippen LogP contribution in [0.1, 0.15) is 0 Å². The summed E-state index contributed by atoms with van der Waals surface area (Å²) in [5, 5.41) is 7.44. The number of halogens is 2. The summed E-state index contributed by atoms with van der Waals surface area (Å²) in [7, 11) is 4.63. The highest BCUT2D eigenvalue weighted by molar-refractivity contribution is 7.80. The second-order valence-corrected chi connectivity index (χ2v) is 5.87. The molecule has 0 amide bonds. The van der Waals surface area contributed by atoms with Crippen molar-refractivity contribution in [1.82, 2.24) is 0 Å². The predicted octanol–water partition coefficient (Wildman–Crippen LogP) is 4.83. The van der Waals surface area contributed by atoms with Crippen molar-refractivity contribution in [2.24, 2.45) is 0 Å². The van der Waals surface area contributed by atoms with Gasteiger partial charge in [-0.05, 0) is 30.4 Å². The first kappa shape index (κ1) is 18.4. The molecule has 0 saturated heterocycles. The van der Waals surface area contributed by atoms with E-state index in [-0.39, 0.29) is 0 Å². The van der Waals surface area contributed by atoms with Gasteiger partial charge >= 0.3 is 0 Å². The van der Waals surface area contributed by atoms with Crippen LogP contribution in [-0.4, -0.2) is 26.4 Å². The highest BCUT2D eigenvalue weighted by Crippen LogP contribution is 2.40. The molecule has 0 spiro atoms. The Labute approximate surface area is 155 Å². The first-order chi connectivity index (χ1) is 11.5. The molecule has 5 nitrogen and oxygen atoms in total. The molecule has 0 aliphatic rings. The third-order valence-corrected chi connectivity index (χ3v) is 3.87. The lowest BCUT2D eigenvalue weighted by atomic mass is 10.2. The molecule has 0 radical (unpaired) electrons. The smallest absolute Gasteiger partial charge is 0.203 e. The highest BCUT2D eigenvalue weighted by atomic mass is 35.5. The molecule has 24 heavy (non-hydrogen) atoms. The van der Waals surface area contributed by atoms with Gasteiger partial charge in [-0.2, -0.15) is 0 Å². The average molecular weight is 387 g/mol. The minimum absolute atomic E-state index is 0.341. The van der Waals surface area contributed by atoms with E-state index in [9.17, 15) is 0 Å². The van der Waals surface area contributed by atoms with Gasteiger partial charge in [0.1, 0.15) is 0 Å². The maximum Gasteiger partial charge on any atom is 0.203 e. The second kappa shape index (κ2) is 8.28. The van der Waals surface area contributed by atoms with Crippen LogP contribution in [0.4, 0.5) is 11.4 Å².